The molecular weight excluding hydrogens is 563 g/mol. The third-order valence-corrected chi connectivity index (χ3v) is 7.09. The van der Waals surface area contributed by atoms with Gasteiger partial charge in [0.15, 0.2) is 0 Å². The van der Waals surface area contributed by atoms with E-state index in [4.69, 9.17) is 27.5 Å². The standard InChI is InChI=1S/C28H33ClF3N5O4/c1-41-21-7-5-18(6-8-21)25(34)37(12-11-28(30,31)32)26(40)35-15-23(33)22-9-10-27(16-38,17-39)14-24(22)36-20-4-2-3-19(29)13-20/h2-8,13,34,38-39H,9-12,14-17,33H2,1H3,(H,35,40)/b23-22-,34-25?,36-24?. The molecule has 6 N–H and O–H groups in total. The number of allylic oxidation sites excluding steroid dienone is 1. The van der Waals surface area contributed by atoms with Crippen LogP contribution in [-0.4, -0.2) is 72.3 Å². The molecule has 13 heteroatoms. The first-order chi connectivity index (χ1) is 19.4. The van der Waals surface area contributed by atoms with Gasteiger partial charge >= 0.3 is 12.2 Å². The Morgan fingerprint density at radius 2 is 1.90 bits per heavy atom. The van der Waals surface area contributed by atoms with E-state index in [1.165, 1.54) is 31.4 Å². The summed E-state index contributed by atoms with van der Waals surface area (Å²) in [6, 6.07) is 11.9. The Morgan fingerprint density at radius 1 is 1.22 bits per heavy atom. The number of urea groups is 1. The van der Waals surface area contributed by atoms with Gasteiger partial charge in [-0.2, -0.15) is 13.2 Å². The zero-order valence-electron chi connectivity index (χ0n) is 22.5. The minimum atomic E-state index is -4.54. The first kappa shape index (κ1) is 31.9. The van der Waals surface area contributed by atoms with Crippen molar-refractivity contribution in [2.45, 2.75) is 31.9 Å². The van der Waals surface area contributed by atoms with Gasteiger partial charge in [-0.15, -0.1) is 0 Å². The van der Waals surface area contributed by atoms with Gasteiger partial charge in [0.2, 0.25) is 0 Å². The Labute approximate surface area is 241 Å². The number of hydrogen-bond donors (Lipinski definition) is 5. The fourth-order valence-electron chi connectivity index (χ4n) is 4.39. The second-order valence-corrected chi connectivity index (χ2v) is 10.2. The quantitative estimate of drug-likeness (QED) is 0.209. The maximum absolute atomic E-state index is 13.1. The van der Waals surface area contributed by atoms with Crippen LogP contribution < -0.4 is 15.8 Å². The van der Waals surface area contributed by atoms with Crippen LogP contribution in [0.5, 0.6) is 5.75 Å². The summed E-state index contributed by atoms with van der Waals surface area (Å²) >= 11 is 6.09. The van der Waals surface area contributed by atoms with Crippen molar-refractivity contribution in [3.8, 4) is 5.75 Å². The topological polar surface area (TPSA) is 144 Å². The first-order valence-corrected chi connectivity index (χ1v) is 13.2. The minimum absolute atomic E-state index is 0.205. The van der Waals surface area contributed by atoms with E-state index in [0.29, 0.717) is 45.5 Å². The van der Waals surface area contributed by atoms with Crippen LogP contribution in [0.1, 0.15) is 31.2 Å². The average molecular weight is 596 g/mol. The third kappa shape index (κ3) is 8.69. The highest BCUT2D eigenvalue weighted by Crippen LogP contribution is 2.38. The number of aliphatic hydroxyl groups excluding tert-OH is 2. The Hall–Kier alpha value is -3.61. The van der Waals surface area contributed by atoms with Crippen LogP contribution in [0.3, 0.4) is 0 Å². The van der Waals surface area contributed by atoms with Gasteiger partial charge in [-0.3, -0.25) is 15.3 Å². The Bertz CT molecular complexity index is 1290. The van der Waals surface area contributed by atoms with Crippen LogP contribution in [0.2, 0.25) is 5.02 Å². The van der Waals surface area contributed by atoms with Crippen molar-refractivity contribution in [3.05, 3.63) is 70.4 Å². The van der Waals surface area contributed by atoms with Crippen molar-refractivity contribution in [1.82, 2.24) is 10.2 Å². The van der Waals surface area contributed by atoms with E-state index in [-0.39, 0.29) is 37.4 Å². The third-order valence-electron chi connectivity index (χ3n) is 6.85. The van der Waals surface area contributed by atoms with Gasteiger partial charge in [-0.25, -0.2) is 4.79 Å². The average Bonchev–Trinajstić information content (AvgIpc) is 2.95. The van der Waals surface area contributed by atoms with Crippen molar-refractivity contribution >= 4 is 34.9 Å². The molecule has 0 aliphatic heterocycles. The number of nitrogens with zero attached hydrogens (tertiary/aromatic N) is 2. The number of aliphatic imine (C=N–C) groups is 1. The number of methoxy groups -OCH3 is 1. The fraction of sp³-hybridized carbons (Fsp3) is 0.393. The van der Waals surface area contributed by atoms with Gasteiger partial charge in [0, 0.05) is 40.4 Å². The summed E-state index contributed by atoms with van der Waals surface area (Å²) in [5.41, 5.74) is 7.61. The number of amides is 2. The Balaban J connectivity index is 1.86. The van der Waals surface area contributed by atoms with Gasteiger partial charge in [0.1, 0.15) is 11.6 Å². The summed E-state index contributed by atoms with van der Waals surface area (Å²) in [5, 5.41) is 31.3. The molecule has 2 amide bonds. The van der Waals surface area contributed by atoms with E-state index in [1.54, 1.807) is 24.3 Å². The number of halogens is 4. The maximum atomic E-state index is 13.1. The predicted octanol–water partition coefficient (Wildman–Crippen LogP) is 4.78. The lowest BCUT2D eigenvalue weighted by molar-refractivity contribution is -0.135. The summed E-state index contributed by atoms with van der Waals surface area (Å²) in [6.07, 6.45) is -4.91. The normalized spacial score (nSPS) is 17.2. The molecule has 0 unspecified atom stereocenters. The largest absolute Gasteiger partial charge is 0.497 e. The summed E-state index contributed by atoms with van der Waals surface area (Å²) in [5.74, 6) is 0.0681. The molecule has 0 aromatic heterocycles. The molecule has 3 rings (SSSR count). The number of benzene rings is 2. The van der Waals surface area contributed by atoms with Gasteiger partial charge in [-0.05, 0) is 60.9 Å². The number of amidine groups is 1. The van der Waals surface area contributed by atoms with Gasteiger partial charge in [-0.1, -0.05) is 17.7 Å². The lowest BCUT2D eigenvalue weighted by atomic mass is 9.72. The fourth-order valence-corrected chi connectivity index (χ4v) is 4.57. The number of nitrogens with two attached hydrogens (primary N) is 1. The number of carbonyl (C=O) groups excluding carboxylic acids is 1. The van der Waals surface area contributed by atoms with Crippen molar-refractivity contribution < 1.29 is 32.9 Å². The van der Waals surface area contributed by atoms with Crippen molar-refractivity contribution in [2.75, 3.05) is 33.4 Å². The first-order valence-electron chi connectivity index (χ1n) is 12.8. The SMILES string of the molecule is COc1ccc(C(=N)N(CCC(F)(F)F)C(=O)NC/C(N)=C2\CCC(CO)(CO)CC2=Nc2cccc(Cl)c2)cc1. The zero-order valence-corrected chi connectivity index (χ0v) is 23.2. The van der Waals surface area contributed by atoms with Crippen LogP contribution in [0.15, 0.2) is 64.8 Å². The number of alkyl halides is 3. The minimum Gasteiger partial charge on any atom is -0.497 e. The molecule has 1 fully saturated rings. The van der Waals surface area contributed by atoms with Crippen molar-refractivity contribution in [2.24, 2.45) is 16.1 Å². The lowest BCUT2D eigenvalue weighted by Gasteiger charge is -2.36. The molecule has 2 aromatic carbocycles. The molecule has 0 spiro atoms. The van der Waals surface area contributed by atoms with Crippen LogP contribution in [0, 0.1) is 10.8 Å². The maximum Gasteiger partial charge on any atom is 0.390 e. The van der Waals surface area contributed by atoms with E-state index >= 15 is 0 Å². The van der Waals surface area contributed by atoms with E-state index in [9.17, 15) is 28.2 Å². The highest BCUT2D eigenvalue weighted by atomic mass is 35.5. The summed E-state index contributed by atoms with van der Waals surface area (Å²) in [7, 11) is 1.45. The van der Waals surface area contributed by atoms with Crippen molar-refractivity contribution in [3.63, 3.8) is 0 Å². The summed E-state index contributed by atoms with van der Waals surface area (Å²) < 4.78 is 44.2. The molecule has 0 atom stereocenters. The number of hydrogen-bond acceptors (Lipinski definition) is 7. The van der Waals surface area contributed by atoms with E-state index in [2.05, 4.69) is 10.3 Å². The molecule has 0 heterocycles. The van der Waals surface area contributed by atoms with Gasteiger partial charge in [0.05, 0.1) is 39.0 Å². The summed E-state index contributed by atoms with van der Waals surface area (Å²) in [6.45, 7) is -1.55. The summed E-state index contributed by atoms with van der Waals surface area (Å²) in [4.78, 5) is 18.4. The second kappa shape index (κ2) is 13.8. The zero-order chi connectivity index (χ0) is 30.2. The van der Waals surface area contributed by atoms with Gasteiger partial charge < -0.3 is 26.0 Å². The molecule has 0 bridgehead atoms. The Kier molecular flexibility index (Phi) is 10.8. The van der Waals surface area contributed by atoms with Crippen LogP contribution in [0.4, 0.5) is 23.7 Å². The van der Waals surface area contributed by atoms with E-state index < -0.39 is 36.4 Å². The molecule has 222 valence electrons. The highest BCUT2D eigenvalue weighted by molar-refractivity contribution is 6.30. The predicted molar refractivity (Wildman–Crippen MR) is 151 cm³/mol. The van der Waals surface area contributed by atoms with Crippen molar-refractivity contribution in [1.29, 1.82) is 5.41 Å². The molecular formula is C28H33ClF3N5O4. The highest BCUT2D eigenvalue weighted by Gasteiger charge is 2.37. The molecule has 41 heavy (non-hydrogen) atoms. The number of nitrogens with one attached hydrogen (secondary N) is 2. The number of ether oxygens (including phenoxy) is 1. The van der Waals surface area contributed by atoms with Crippen LogP contribution in [-0.2, 0) is 0 Å². The molecule has 1 saturated carbocycles. The second-order valence-electron chi connectivity index (χ2n) is 9.79. The number of rotatable bonds is 9. The number of aliphatic hydroxyl groups is 2. The van der Waals surface area contributed by atoms with E-state index in [0.717, 1.165) is 0 Å². The van der Waals surface area contributed by atoms with Gasteiger partial charge in [0.25, 0.3) is 0 Å². The molecule has 1 aliphatic rings. The monoisotopic (exact) mass is 595 g/mol. The molecule has 9 nitrogen and oxygen atoms in total. The smallest absolute Gasteiger partial charge is 0.390 e. The molecule has 2 aromatic rings. The molecule has 1 aliphatic carbocycles. The Morgan fingerprint density at radius 3 is 2.49 bits per heavy atom. The van der Waals surface area contributed by atoms with E-state index in [1.807, 2.05) is 0 Å². The molecule has 0 radical (unpaired) electrons. The van der Waals surface area contributed by atoms with Crippen LogP contribution >= 0.6 is 11.6 Å². The molecule has 0 saturated heterocycles. The number of carbonyl (C=O) groups is 1. The van der Waals surface area contributed by atoms with Crippen LogP contribution in [0.25, 0.3) is 0 Å². The lowest BCUT2D eigenvalue weighted by Crippen LogP contribution is -2.46.